The molecule has 0 aliphatic rings. The van der Waals surface area contributed by atoms with E-state index in [4.69, 9.17) is 5.73 Å². The van der Waals surface area contributed by atoms with Gasteiger partial charge in [-0.05, 0) is 32.0 Å². The van der Waals surface area contributed by atoms with Crippen molar-refractivity contribution in [3.05, 3.63) is 46.2 Å². The highest BCUT2D eigenvalue weighted by Gasteiger charge is 2.27. The van der Waals surface area contributed by atoms with Crippen LogP contribution >= 0.6 is 11.3 Å². The van der Waals surface area contributed by atoms with Crippen molar-refractivity contribution in [3.63, 3.8) is 0 Å². The van der Waals surface area contributed by atoms with Crippen LogP contribution < -0.4 is 10.0 Å². The third kappa shape index (κ3) is 3.48. The molecule has 0 bridgehead atoms. The predicted octanol–water partition coefficient (Wildman–Crippen LogP) is 2.44. The van der Waals surface area contributed by atoms with E-state index in [1.165, 1.54) is 15.6 Å². The second-order valence-corrected chi connectivity index (χ2v) is 8.20. The van der Waals surface area contributed by atoms with Crippen LogP contribution in [0.5, 0.6) is 0 Å². The quantitative estimate of drug-likeness (QED) is 0.878. The molecule has 1 heterocycles. The fourth-order valence-corrected chi connectivity index (χ4v) is 5.17. The zero-order valence-corrected chi connectivity index (χ0v) is 14.1. The lowest BCUT2D eigenvalue weighted by atomic mass is 10.3. The fraction of sp³-hybridized carbons (Fsp3) is 0.267. The number of rotatable bonds is 6. The minimum Gasteiger partial charge on any atom is -0.370 e. The van der Waals surface area contributed by atoms with Crippen LogP contribution in [-0.4, -0.2) is 20.9 Å². The second kappa shape index (κ2) is 6.50. The van der Waals surface area contributed by atoms with Gasteiger partial charge < -0.3 is 5.73 Å². The number of carbonyl (C=O) groups excluding carboxylic acids is 1. The predicted molar refractivity (Wildman–Crippen MR) is 88.6 cm³/mol. The van der Waals surface area contributed by atoms with Gasteiger partial charge in [-0.2, -0.15) is 0 Å². The molecule has 1 aromatic heterocycles. The number of nitrogens with zero attached hydrogens (tertiary/aromatic N) is 1. The van der Waals surface area contributed by atoms with Gasteiger partial charge in [-0.1, -0.05) is 18.2 Å². The number of amides is 1. The maximum Gasteiger partial charge on any atom is 0.265 e. The molecule has 1 aromatic carbocycles. The van der Waals surface area contributed by atoms with Crippen LogP contribution in [0.1, 0.15) is 16.2 Å². The monoisotopic (exact) mass is 338 g/mol. The first-order chi connectivity index (χ1) is 10.3. The number of aryl methyl sites for hydroxylation is 2. The number of hydrogen-bond donors (Lipinski definition) is 1. The van der Waals surface area contributed by atoms with Crippen molar-refractivity contribution in [3.8, 4) is 0 Å². The molecule has 22 heavy (non-hydrogen) atoms. The van der Waals surface area contributed by atoms with E-state index in [1.54, 1.807) is 37.3 Å². The number of carbonyl (C=O) groups is 1. The van der Waals surface area contributed by atoms with Gasteiger partial charge in [0, 0.05) is 22.7 Å². The lowest BCUT2D eigenvalue weighted by molar-refractivity contribution is -0.117. The molecule has 0 saturated carbocycles. The molecule has 0 saturated heterocycles. The minimum atomic E-state index is -3.72. The van der Waals surface area contributed by atoms with Crippen LogP contribution in [0.3, 0.4) is 0 Å². The summed E-state index contributed by atoms with van der Waals surface area (Å²) in [5.74, 6) is -0.533. The number of para-hydroxylation sites is 1. The van der Waals surface area contributed by atoms with Crippen LogP contribution in [0.2, 0.25) is 0 Å². The average Bonchev–Trinajstić information content (AvgIpc) is 2.79. The summed E-state index contributed by atoms with van der Waals surface area (Å²) in [7, 11) is -3.72. The van der Waals surface area contributed by atoms with E-state index in [0.717, 1.165) is 9.75 Å². The van der Waals surface area contributed by atoms with E-state index >= 15 is 0 Å². The topological polar surface area (TPSA) is 80.5 Å². The van der Waals surface area contributed by atoms with Crippen molar-refractivity contribution in [2.24, 2.45) is 5.73 Å². The number of sulfonamides is 1. The summed E-state index contributed by atoms with van der Waals surface area (Å²) in [5.41, 5.74) is 5.70. The summed E-state index contributed by atoms with van der Waals surface area (Å²) in [4.78, 5) is 13.0. The molecule has 1 amide bonds. The largest absolute Gasteiger partial charge is 0.370 e. The van der Waals surface area contributed by atoms with E-state index in [9.17, 15) is 13.2 Å². The lowest BCUT2D eigenvalue weighted by Crippen LogP contribution is -2.34. The van der Waals surface area contributed by atoms with Crippen molar-refractivity contribution in [2.75, 3.05) is 10.8 Å². The molecule has 7 heteroatoms. The number of benzene rings is 1. The first kappa shape index (κ1) is 16.5. The summed E-state index contributed by atoms with van der Waals surface area (Å²) < 4.78 is 27.2. The number of nitrogens with two attached hydrogens (primary N) is 1. The molecule has 0 radical (unpaired) electrons. The van der Waals surface area contributed by atoms with E-state index in [1.807, 2.05) is 13.0 Å². The molecule has 0 atom stereocenters. The van der Waals surface area contributed by atoms with E-state index in [2.05, 4.69) is 0 Å². The minimum absolute atomic E-state index is 0.0238. The standard InChI is InChI=1S/C15H18N2O3S2/c1-11-10-14(12(2)21-11)22(19,20)17(9-8-15(16)18)13-6-4-3-5-7-13/h3-7,10H,8-9H2,1-2H3,(H2,16,18). The van der Waals surface area contributed by atoms with Gasteiger partial charge in [0.05, 0.1) is 5.69 Å². The third-order valence-corrected chi connectivity index (χ3v) is 6.22. The van der Waals surface area contributed by atoms with Crippen LogP contribution in [0.25, 0.3) is 0 Å². The summed E-state index contributed by atoms with van der Waals surface area (Å²) in [5, 5.41) is 0. The van der Waals surface area contributed by atoms with Crippen LogP contribution in [0.4, 0.5) is 5.69 Å². The third-order valence-electron chi connectivity index (χ3n) is 3.17. The Morgan fingerprint density at radius 3 is 2.36 bits per heavy atom. The molecule has 118 valence electrons. The van der Waals surface area contributed by atoms with Crippen molar-refractivity contribution >= 4 is 33.0 Å². The Bertz CT molecular complexity index is 767. The zero-order chi connectivity index (χ0) is 16.3. The molecule has 0 fully saturated rings. The van der Waals surface area contributed by atoms with E-state index in [0.29, 0.717) is 5.69 Å². The molecular formula is C15H18N2O3S2. The number of anilines is 1. The first-order valence-electron chi connectivity index (χ1n) is 6.75. The lowest BCUT2D eigenvalue weighted by Gasteiger charge is -2.24. The van der Waals surface area contributed by atoms with Crippen molar-refractivity contribution in [1.82, 2.24) is 0 Å². The summed E-state index contributed by atoms with van der Waals surface area (Å²) in [6, 6.07) is 10.4. The molecular weight excluding hydrogens is 320 g/mol. The molecule has 0 unspecified atom stereocenters. The van der Waals surface area contributed by atoms with Gasteiger partial charge in [-0.15, -0.1) is 11.3 Å². The zero-order valence-electron chi connectivity index (χ0n) is 12.4. The van der Waals surface area contributed by atoms with Gasteiger partial charge in [0.15, 0.2) is 0 Å². The van der Waals surface area contributed by atoms with Crippen molar-refractivity contribution in [2.45, 2.75) is 25.2 Å². The molecule has 0 spiro atoms. The van der Waals surface area contributed by atoms with E-state index in [-0.39, 0.29) is 17.9 Å². The molecule has 5 nitrogen and oxygen atoms in total. The normalized spacial score (nSPS) is 11.4. The van der Waals surface area contributed by atoms with Gasteiger partial charge in [0.1, 0.15) is 4.90 Å². The number of thiophene rings is 1. The highest BCUT2D eigenvalue weighted by atomic mass is 32.2. The Morgan fingerprint density at radius 2 is 1.86 bits per heavy atom. The SMILES string of the molecule is Cc1cc(S(=O)(=O)N(CCC(N)=O)c2ccccc2)c(C)s1. The van der Waals surface area contributed by atoms with Gasteiger partial charge in [-0.3, -0.25) is 9.10 Å². The highest BCUT2D eigenvalue weighted by Crippen LogP contribution is 2.30. The maximum atomic E-state index is 13.0. The number of primary amides is 1. The molecule has 0 aliphatic heterocycles. The summed E-state index contributed by atoms with van der Waals surface area (Å²) >= 11 is 1.44. The van der Waals surface area contributed by atoms with Gasteiger partial charge in [0.2, 0.25) is 5.91 Å². The Balaban J connectivity index is 2.48. The van der Waals surface area contributed by atoms with Crippen molar-refractivity contribution in [1.29, 1.82) is 0 Å². The second-order valence-electron chi connectivity index (χ2n) is 4.91. The van der Waals surface area contributed by atoms with Crippen molar-refractivity contribution < 1.29 is 13.2 Å². The Hall–Kier alpha value is -1.86. The Labute approximate surface area is 134 Å². The fourth-order valence-electron chi connectivity index (χ4n) is 2.18. The van der Waals surface area contributed by atoms with Gasteiger partial charge in [-0.25, -0.2) is 8.42 Å². The highest BCUT2D eigenvalue weighted by molar-refractivity contribution is 7.93. The maximum absolute atomic E-state index is 13.0. The molecule has 2 N–H and O–H groups in total. The smallest absolute Gasteiger partial charge is 0.265 e. The summed E-state index contributed by atoms with van der Waals surface area (Å²) in [6.07, 6.45) is -0.0315. The Morgan fingerprint density at radius 1 is 1.23 bits per heavy atom. The van der Waals surface area contributed by atoms with Crippen LogP contribution in [-0.2, 0) is 14.8 Å². The first-order valence-corrected chi connectivity index (χ1v) is 9.01. The van der Waals surface area contributed by atoms with E-state index < -0.39 is 15.9 Å². The molecule has 0 aliphatic carbocycles. The van der Waals surface area contributed by atoms with Gasteiger partial charge >= 0.3 is 0 Å². The van der Waals surface area contributed by atoms with Crippen LogP contribution in [0.15, 0.2) is 41.3 Å². The van der Waals surface area contributed by atoms with Gasteiger partial charge in [0.25, 0.3) is 10.0 Å². The molecule has 2 aromatic rings. The average molecular weight is 338 g/mol. The number of hydrogen-bond acceptors (Lipinski definition) is 4. The summed E-state index contributed by atoms with van der Waals surface area (Å²) in [6.45, 7) is 3.67. The molecule has 2 rings (SSSR count). The Kier molecular flexibility index (Phi) is 4.87. The van der Waals surface area contributed by atoms with Crippen LogP contribution in [0, 0.1) is 13.8 Å².